The van der Waals surface area contributed by atoms with Crippen molar-refractivity contribution < 1.29 is 29.3 Å². The Labute approximate surface area is 253 Å². The van der Waals surface area contributed by atoms with E-state index in [0.717, 1.165) is 0 Å². The van der Waals surface area contributed by atoms with Gasteiger partial charge in [0.15, 0.2) is 11.6 Å². The standard InChI is InChI=1S/C38H24O6/c39-35-29(23-11-15-27(16-12-23)43-25-7-3-1-4-8-25)19-21-31-33(35)37(41)32-22-20-30(36(40)34(32)38(31)42)24-13-17-28(18-14-24)44-26-9-5-2-6-10-26/h1-22,39-40H. The molecule has 0 saturated heterocycles. The smallest absolute Gasteiger partial charge is 0.198 e. The number of hydrogen-bond donors (Lipinski definition) is 2. The summed E-state index contributed by atoms with van der Waals surface area (Å²) in [6, 6.07) is 39.1. The lowest BCUT2D eigenvalue weighted by Crippen LogP contribution is -2.21. The Morgan fingerprint density at radius 2 is 0.682 bits per heavy atom. The van der Waals surface area contributed by atoms with E-state index in [1.807, 2.05) is 60.7 Å². The third kappa shape index (κ3) is 4.74. The van der Waals surface area contributed by atoms with Gasteiger partial charge < -0.3 is 19.7 Å². The predicted octanol–water partition coefficient (Wildman–Crippen LogP) is 8.79. The van der Waals surface area contributed by atoms with Crippen molar-refractivity contribution >= 4 is 11.6 Å². The fourth-order valence-electron chi connectivity index (χ4n) is 5.41. The van der Waals surface area contributed by atoms with Gasteiger partial charge >= 0.3 is 0 Å². The molecule has 0 aliphatic heterocycles. The Kier molecular flexibility index (Phi) is 6.64. The van der Waals surface area contributed by atoms with E-state index in [2.05, 4.69) is 0 Å². The SMILES string of the molecule is O=C1c2ccc(-c3ccc(Oc4ccccc4)cc3)c(O)c2C(=O)c2ccc(-c3ccc(Oc4ccccc4)cc3)c(O)c21. The largest absolute Gasteiger partial charge is 0.507 e. The van der Waals surface area contributed by atoms with Crippen molar-refractivity contribution in [3.05, 3.63) is 156 Å². The van der Waals surface area contributed by atoms with Crippen molar-refractivity contribution in [1.29, 1.82) is 0 Å². The predicted molar refractivity (Wildman–Crippen MR) is 167 cm³/mol. The maximum absolute atomic E-state index is 13.7. The summed E-state index contributed by atoms with van der Waals surface area (Å²) >= 11 is 0. The summed E-state index contributed by atoms with van der Waals surface area (Å²) < 4.78 is 11.7. The van der Waals surface area contributed by atoms with Crippen LogP contribution in [0.2, 0.25) is 0 Å². The van der Waals surface area contributed by atoms with Gasteiger partial charge in [-0.2, -0.15) is 0 Å². The third-order valence-electron chi connectivity index (χ3n) is 7.59. The Bertz CT molecular complexity index is 1880. The monoisotopic (exact) mass is 576 g/mol. The fourth-order valence-corrected chi connectivity index (χ4v) is 5.41. The number of ether oxygens (including phenoxy) is 2. The quantitative estimate of drug-likeness (QED) is 0.206. The number of phenolic OH excluding ortho intramolecular Hbond substituents is 2. The van der Waals surface area contributed by atoms with E-state index >= 15 is 0 Å². The molecule has 0 amide bonds. The minimum atomic E-state index is -0.536. The Balaban J connectivity index is 1.18. The molecule has 2 N–H and O–H groups in total. The number of carbonyl (C=O) groups excluding carboxylic acids is 2. The summed E-state index contributed by atoms with van der Waals surface area (Å²) in [4.78, 5) is 27.3. The van der Waals surface area contributed by atoms with Gasteiger partial charge in [0, 0.05) is 22.3 Å². The number of benzene rings is 6. The fraction of sp³-hybridized carbons (Fsp3) is 0. The van der Waals surface area contributed by atoms with Crippen LogP contribution in [-0.4, -0.2) is 21.8 Å². The highest BCUT2D eigenvalue weighted by Gasteiger charge is 2.36. The van der Waals surface area contributed by atoms with Crippen LogP contribution in [0.3, 0.4) is 0 Å². The van der Waals surface area contributed by atoms with E-state index in [-0.39, 0.29) is 33.8 Å². The molecule has 0 radical (unpaired) electrons. The first-order valence-electron chi connectivity index (χ1n) is 14.0. The molecule has 7 rings (SSSR count). The van der Waals surface area contributed by atoms with Gasteiger partial charge in [-0.3, -0.25) is 9.59 Å². The summed E-state index contributed by atoms with van der Waals surface area (Å²) in [6.07, 6.45) is 0. The first-order valence-corrected chi connectivity index (χ1v) is 14.0. The zero-order chi connectivity index (χ0) is 30.2. The Morgan fingerprint density at radius 3 is 1.05 bits per heavy atom. The van der Waals surface area contributed by atoms with Crippen LogP contribution in [0.5, 0.6) is 34.5 Å². The zero-order valence-electron chi connectivity index (χ0n) is 23.2. The van der Waals surface area contributed by atoms with Crippen molar-refractivity contribution in [3.8, 4) is 56.8 Å². The average molecular weight is 577 g/mol. The maximum Gasteiger partial charge on any atom is 0.198 e. The molecule has 1 aliphatic carbocycles. The molecule has 1 aliphatic rings. The topological polar surface area (TPSA) is 93.1 Å². The van der Waals surface area contributed by atoms with Gasteiger partial charge in [0.2, 0.25) is 0 Å². The van der Waals surface area contributed by atoms with Gasteiger partial charge in [-0.1, -0.05) is 60.7 Å². The van der Waals surface area contributed by atoms with Crippen LogP contribution in [-0.2, 0) is 0 Å². The van der Waals surface area contributed by atoms with Crippen molar-refractivity contribution in [2.24, 2.45) is 0 Å². The number of fused-ring (bicyclic) bond motifs is 2. The number of carbonyl (C=O) groups is 2. The van der Waals surface area contributed by atoms with Crippen molar-refractivity contribution in [2.75, 3.05) is 0 Å². The van der Waals surface area contributed by atoms with Crippen LogP contribution >= 0.6 is 0 Å². The molecule has 6 nitrogen and oxygen atoms in total. The summed E-state index contributed by atoms with van der Waals surface area (Å²) in [5.41, 5.74) is 2.00. The van der Waals surface area contributed by atoms with Gasteiger partial charge in [0.1, 0.15) is 34.5 Å². The Hall–Kier alpha value is -6.14. The molecule has 0 unspecified atom stereocenters. The van der Waals surface area contributed by atoms with Gasteiger partial charge in [-0.05, 0) is 83.9 Å². The van der Waals surface area contributed by atoms with Crippen LogP contribution < -0.4 is 9.47 Å². The minimum Gasteiger partial charge on any atom is -0.507 e. The molecule has 212 valence electrons. The molecule has 0 fully saturated rings. The van der Waals surface area contributed by atoms with Gasteiger partial charge in [-0.15, -0.1) is 0 Å². The van der Waals surface area contributed by atoms with E-state index in [1.54, 1.807) is 60.7 Å². The van der Waals surface area contributed by atoms with E-state index in [0.29, 0.717) is 45.3 Å². The lowest BCUT2D eigenvalue weighted by atomic mass is 9.80. The maximum atomic E-state index is 13.7. The molecule has 0 atom stereocenters. The van der Waals surface area contributed by atoms with Crippen LogP contribution in [0.4, 0.5) is 0 Å². The molecule has 0 spiro atoms. The van der Waals surface area contributed by atoms with Crippen molar-refractivity contribution in [1.82, 2.24) is 0 Å². The molecule has 6 aromatic rings. The van der Waals surface area contributed by atoms with Gasteiger partial charge in [-0.25, -0.2) is 0 Å². The summed E-state index contributed by atoms with van der Waals surface area (Å²) in [7, 11) is 0. The molecule has 0 heterocycles. The van der Waals surface area contributed by atoms with Crippen LogP contribution in [0.15, 0.2) is 133 Å². The van der Waals surface area contributed by atoms with E-state index in [4.69, 9.17) is 9.47 Å². The second-order valence-corrected chi connectivity index (χ2v) is 10.3. The highest BCUT2D eigenvalue weighted by Crippen LogP contribution is 2.44. The van der Waals surface area contributed by atoms with E-state index in [9.17, 15) is 19.8 Å². The Morgan fingerprint density at radius 1 is 0.364 bits per heavy atom. The molecule has 0 saturated carbocycles. The summed E-state index contributed by atoms with van der Waals surface area (Å²) in [6.45, 7) is 0. The second kappa shape index (κ2) is 10.9. The van der Waals surface area contributed by atoms with Crippen LogP contribution in [0, 0.1) is 0 Å². The second-order valence-electron chi connectivity index (χ2n) is 10.3. The lowest BCUT2D eigenvalue weighted by Gasteiger charge is -2.22. The highest BCUT2D eigenvalue weighted by molar-refractivity contribution is 6.31. The van der Waals surface area contributed by atoms with Crippen LogP contribution in [0.1, 0.15) is 31.8 Å². The van der Waals surface area contributed by atoms with Gasteiger partial charge in [0.25, 0.3) is 0 Å². The lowest BCUT2D eigenvalue weighted by molar-refractivity contribution is 0.0974. The number of rotatable bonds is 6. The van der Waals surface area contributed by atoms with Gasteiger partial charge in [0.05, 0.1) is 11.1 Å². The van der Waals surface area contributed by atoms with Crippen molar-refractivity contribution in [3.63, 3.8) is 0 Å². The average Bonchev–Trinajstić information content (AvgIpc) is 3.05. The third-order valence-corrected chi connectivity index (χ3v) is 7.59. The number of phenols is 2. The summed E-state index contributed by atoms with van der Waals surface area (Å²) in [5.74, 6) is 0.962. The minimum absolute atomic E-state index is 0.0341. The zero-order valence-corrected chi connectivity index (χ0v) is 23.2. The van der Waals surface area contributed by atoms with Crippen LogP contribution in [0.25, 0.3) is 22.3 Å². The molecule has 6 aromatic carbocycles. The highest BCUT2D eigenvalue weighted by atomic mass is 16.5. The van der Waals surface area contributed by atoms with E-state index in [1.165, 1.54) is 12.1 Å². The number of ketones is 2. The summed E-state index contributed by atoms with van der Waals surface area (Å²) in [5, 5.41) is 22.5. The first-order chi connectivity index (χ1) is 21.5. The number of hydrogen-bond acceptors (Lipinski definition) is 6. The molecule has 44 heavy (non-hydrogen) atoms. The molecular weight excluding hydrogens is 552 g/mol. The molecular formula is C38H24O6. The van der Waals surface area contributed by atoms with E-state index < -0.39 is 11.6 Å². The molecule has 0 bridgehead atoms. The molecule has 0 aromatic heterocycles. The number of para-hydroxylation sites is 2. The first kappa shape index (κ1) is 26.7. The normalized spacial score (nSPS) is 11.9. The number of aromatic hydroxyl groups is 2. The van der Waals surface area contributed by atoms with Crippen molar-refractivity contribution in [2.45, 2.75) is 0 Å². The molecule has 6 heteroatoms.